The van der Waals surface area contributed by atoms with Crippen LogP contribution in [0.1, 0.15) is 12.0 Å². The third-order valence-electron chi connectivity index (χ3n) is 3.98. The van der Waals surface area contributed by atoms with Crippen LogP contribution in [0.3, 0.4) is 0 Å². The number of hydrogen-bond donors (Lipinski definition) is 2. The van der Waals surface area contributed by atoms with Gasteiger partial charge >= 0.3 is 6.09 Å². The third kappa shape index (κ3) is 1.44. The molecule has 2 aliphatic rings. The number of carbonyl (C=O) groups is 1. The molecule has 1 aromatic carbocycles. The molecule has 1 aliphatic heterocycles. The summed E-state index contributed by atoms with van der Waals surface area (Å²) in [4.78, 5) is 11.9. The lowest BCUT2D eigenvalue weighted by Crippen LogP contribution is -2.38. The van der Waals surface area contributed by atoms with E-state index in [0.717, 1.165) is 4.90 Å². The number of aliphatic hydroxyl groups is 1. The highest BCUT2D eigenvalue weighted by Crippen LogP contribution is 2.62. The summed E-state index contributed by atoms with van der Waals surface area (Å²) < 4.78 is 13.8. The Labute approximate surface area is 108 Å². The van der Waals surface area contributed by atoms with Crippen LogP contribution in [-0.4, -0.2) is 34.0 Å². The number of amides is 1. The average molecular weight is 272 g/mol. The molecule has 1 saturated heterocycles. The summed E-state index contributed by atoms with van der Waals surface area (Å²) in [6.45, 7) is 0.116. The molecule has 0 radical (unpaired) electrons. The van der Waals surface area contributed by atoms with Crippen molar-refractivity contribution < 1.29 is 19.4 Å². The van der Waals surface area contributed by atoms with Crippen LogP contribution < -0.4 is 0 Å². The van der Waals surface area contributed by atoms with E-state index in [4.69, 9.17) is 16.7 Å². The lowest BCUT2D eigenvalue weighted by atomic mass is 9.94. The Morgan fingerprint density at radius 2 is 2.28 bits per heavy atom. The van der Waals surface area contributed by atoms with E-state index >= 15 is 0 Å². The maximum absolute atomic E-state index is 13.8. The lowest BCUT2D eigenvalue weighted by Gasteiger charge is -2.21. The monoisotopic (exact) mass is 271 g/mol. The molecule has 2 N–H and O–H groups in total. The van der Waals surface area contributed by atoms with Gasteiger partial charge < -0.3 is 10.2 Å². The standard InChI is InChI=1S/C12H11ClFNO3/c13-6-1-2-9(14)7(3-6)12-4-8(12)10(16)15(5-12)11(17)18/h1-3,8,10,16H,4-5H2,(H,17,18). The quantitative estimate of drug-likeness (QED) is 0.822. The Morgan fingerprint density at radius 1 is 1.56 bits per heavy atom. The maximum Gasteiger partial charge on any atom is 0.409 e. The molecule has 0 bridgehead atoms. The molecule has 3 rings (SSSR count). The van der Waals surface area contributed by atoms with Gasteiger partial charge in [-0.25, -0.2) is 9.18 Å². The van der Waals surface area contributed by atoms with Crippen molar-refractivity contribution in [2.24, 2.45) is 5.92 Å². The molecule has 18 heavy (non-hydrogen) atoms. The molecule has 3 unspecified atom stereocenters. The van der Waals surface area contributed by atoms with Crippen molar-refractivity contribution in [1.29, 1.82) is 0 Å². The average Bonchev–Trinajstić information content (AvgIpc) is 2.97. The predicted octanol–water partition coefficient (Wildman–Crippen LogP) is 2.05. The third-order valence-corrected chi connectivity index (χ3v) is 4.21. The molecule has 1 heterocycles. The molecular weight excluding hydrogens is 261 g/mol. The van der Waals surface area contributed by atoms with Gasteiger partial charge in [0.1, 0.15) is 12.0 Å². The Hall–Kier alpha value is -1.33. The van der Waals surface area contributed by atoms with E-state index in [0.29, 0.717) is 17.0 Å². The molecule has 1 saturated carbocycles. The van der Waals surface area contributed by atoms with Gasteiger partial charge in [-0.3, -0.25) is 4.90 Å². The molecule has 1 aliphatic carbocycles. The number of aliphatic hydroxyl groups excluding tert-OH is 1. The fraction of sp³-hybridized carbons (Fsp3) is 0.417. The van der Waals surface area contributed by atoms with Crippen LogP contribution in [0, 0.1) is 11.7 Å². The molecule has 1 amide bonds. The predicted molar refractivity (Wildman–Crippen MR) is 61.9 cm³/mol. The zero-order valence-corrected chi connectivity index (χ0v) is 10.1. The summed E-state index contributed by atoms with van der Waals surface area (Å²) in [7, 11) is 0. The van der Waals surface area contributed by atoms with Crippen molar-refractivity contribution in [2.45, 2.75) is 18.1 Å². The minimum atomic E-state index is -1.18. The Morgan fingerprint density at radius 3 is 2.89 bits per heavy atom. The summed E-state index contributed by atoms with van der Waals surface area (Å²) >= 11 is 5.85. The fourth-order valence-corrected chi connectivity index (χ4v) is 3.15. The van der Waals surface area contributed by atoms with E-state index in [1.54, 1.807) is 0 Å². The van der Waals surface area contributed by atoms with E-state index in [-0.39, 0.29) is 12.5 Å². The Balaban J connectivity index is 1.99. The molecule has 2 fully saturated rings. The maximum atomic E-state index is 13.8. The van der Waals surface area contributed by atoms with Crippen molar-refractivity contribution in [2.75, 3.05) is 6.54 Å². The highest BCUT2D eigenvalue weighted by Gasteiger charge is 2.67. The van der Waals surface area contributed by atoms with Gasteiger partial charge in [0.05, 0.1) is 0 Å². The van der Waals surface area contributed by atoms with E-state index in [1.165, 1.54) is 18.2 Å². The number of benzene rings is 1. The molecule has 0 aromatic heterocycles. The number of rotatable bonds is 1. The highest BCUT2D eigenvalue weighted by molar-refractivity contribution is 6.30. The minimum absolute atomic E-state index is 0.116. The van der Waals surface area contributed by atoms with Gasteiger partial charge in [-0.1, -0.05) is 11.6 Å². The smallest absolute Gasteiger partial charge is 0.409 e. The van der Waals surface area contributed by atoms with E-state index in [1.807, 2.05) is 0 Å². The minimum Gasteiger partial charge on any atom is -0.465 e. The topological polar surface area (TPSA) is 60.8 Å². The summed E-state index contributed by atoms with van der Waals surface area (Å²) in [5, 5.41) is 19.2. The first-order valence-corrected chi connectivity index (χ1v) is 5.97. The van der Waals surface area contributed by atoms with E-state index in [9.17, 15) is 14.3 Å². The van der Waals surface area contributed by atoms with Gasteiger partial charge in [0.15, 0.2) is 0 Å². The Kier molecular flexibility index (Phi) is 2.34. The second kappa shape index (κ2) is 3.59. The summed E-state index contributed by atoms with van der Waals surface area (Å²) in [5.41, 5.74) is -0.199. The van der Waals surface area contributed by atoms with Crippen molar-refractivity contribution in [3.8, 4) is 0 Å². The fourth-order valence-electron chi connectivity index (χ4n) is 2.98. The number of fused-ring (bicyclic) bond motifs is 1. The zero-order chi connectivity index (χ0) is 13.1. The molecule has 1 aromatic rings. The second-order valence-electron chi connectivity index (χ2n) is 4.92. The van der Waals surface area contributed by atoms with Crippen molar-refractivity contribution in [3.05, 3.63) is 34.6 Å². The van der Waals surface area contributed by atoms with Crippen LogP contribution in [0.2, 0.25) is 5.02 Å². The van der Waals surface area contributed by atoms with Crippen LogP contribution in [0.15, 0.2) is 18.2 Å². The number of nitrogens with zero attached hydrogens (tertiary/aromatic N) is 1. The van der Waals surface area contributed by atoms with Gasteiger partial charge in [0.2, 0.25) is 0 Å². The van der Waals surface area contributed by atoms with E-state index < -0.39 is 23.6 Å². The molecule has 0 spiro atoms. The lowest BCUT2D eigenvalue weighted by molar-refractivity contribution is 0.0215. The molecular formula is C12H11ClFNO3. The van der Waals surface area contributed by atoms with Crippen LogP contribution in [0.4, 0.5) is 9.18 Å². The number of carboxylic acid groups (broad SMARTS) is 1. The van der Waals surface area contributed by atoms with Crippen LogP contribution in [-0.2, 0) is 5.41 Å². The SMILES string of the molecule is O=C(O)N1CC2(c3cc(Cl)ccc3F)CC2C1O. The van der Waals surface area contributed by atoms with Gasteiger partial charge in [0, 0.05) is 22.9 Å². The van der Waals surface area contributed by atoms with Crippen molar-refractivity contribution in [1.82, 2.24) is 4.90 Å². The largest absolute Gasteiger partial charge is 0.465 e. The molecule has 3 atom stereocenters. The number of hydrogen-bond acceptors (Lipinski definition) is 2. The molecule has 4 nitrogen and oxygen atoms in total. The zero-order valence-electron chi connectivity index (χ0n) is 9.31. The van der Waals surface area contributed by atoms with Crippen molar-refractivity contribution >= 4 is 17.7 Å². The summed E-state index contributed by atoms with van der Waals surface area (Å²) in [5.74, 6) is -0.636. The van der Waals surface area contributed by atoms with Crippen LogP contribution in [0.25, 0.3) is 0 Å². The van der Waals surface area contributed by atoms with Gasteiger partial charge in [-0.05, 0) is 30.2 Å². The normalized spacial score (nSPS) is 33.4. The highest BCUT2D eigenvalue weighted by atomic mass is 35.5. The number of piperidine rings is 1. The van der Waals surface area contributed by atoms with Crippen LogP contribution >= 0.6 is 11.6 Å². The van der Waals surface area contributed by atoms with Crippen molar-refractivity contribution in [3.63, 3.8) is 0 Å². The second-order valence-corrected chi connectivity index (χ2v) is 5.35. The molecule has 96 valence electrons. The number of halogens is 2. The summed E-state index contributed by atoms with van der Waals surface area (Å²) in [6.07, 6.45) is -1.65. The van der Waals surface area contributed by atoms with Gasteiger partial charge in [-0.2, -0.15) is 0 Å². The van der Waals surface area contributed by atoms with E-state index in [2.05, 4.69) is 0 Å². The molecule has 6 heteroatoms. The van der Waals surface area contributed by atoms with Gasteiger partial charge in [0.25, 0.3) is 0 Å². The summed E-state index contributed by atoms with van der Waals surface area (Å²) in [6, 6.07) is 4.25. The van der Waals surface area contributed by atoms with Crippen LogP contribution in [0.5, 0.6) is 0 Å². The Bertz CT molecular complexity index is 538. The first-order valence-electron chi connectivity index (χ1n) is 5.59. The first kappa shape index (κ1) is 11.7. The number of likely N-dealkylation sites (tertiary alicyclic amines) is 1. The first-order chi connectivity index (χ1) is 8.45. The van der Waals surface area contributed by atoms with Gasteiger partial charge in [-0.15, -0.1) is 0 Å².